The van der Waals surface area contributed by atoms with Gasteiger partial charge in [-0.3, -0.25) is 0 Å². The van der Waals surface area contributed by atoms with Crippen molar-refractivity contribution in [2.24, 2.45) is 0 Å². The van der Waals surface area contributed by atoms with Crippen molar-refractivity contribution in [3.8, 4) is 0 Å². The summed E-state index contributed by atoms with van der Waals surface area (Å²) in [5.74, 6) is 0.389. The summed E-state index contributed by atoms with van der Waals surface area (Å²) >= 11 is 4.77. The van der Waals surface area contributed by atoms with E-state index < -0.39 is 0 Å². The summed E-state index contributed by atoms with van der Waals surface area (Å²) in [4.78, 5) is 0. The number of aliphatic hydroxyl groups excluding tert-OH is 1. The summed E-state index contributed by atoms with van der Waals surface area (Å²) in [6, 6.07) is 5.05. The van der Waals surface area contributed by atoms with E-state index in [2.05, 4.69) is 15.9 Å². The molecule has 0 aromatic heterocycles. The average molecular weight is 293 g/mol. The highest BCUT2D eigenvalue weighted by molar-refractivity contribution is 9.10. The Balaban J connectivity index is 2.58. The first-order chi connectivity index (χ1) is 7.00. The summed E-state index contributed by atoms with van der Waals surface area (Å²) in [6.45, 7) is 3.68. The van der Waals surface area contributed by atoms with Gasteiger partial charge in [-0.05, 0) is 24.6 Å². The summed E-state index contributed by atoms with van der Waals surface area (Å²) < 4.78 is 14.1. The normalized spacial score (nSPS) is 15.0. The molecule has 1 N–H and O–H groups in total. The van der Waals surface area contributed by atoms with Gasteiger partial charge in [0.05, 0.1) is 6.10 Å². The van der Waals surface area contributed by atoms with E-state index in [1.807, 2.05) is 13.0 Å². The Morgan fingerprint density at radius 3 is 2.67 bits per heavy atom. The smallest absolute Gasteiger partial charge is 0.128 e. The maximum atomic E-state index is 13.4. The van der Waals surface area contributed by atoms with E-state index in [1.54, 1.807) is 24.8 Å². The second-order valence-corrected chi connectivity index (χ2v) is 5.77. The molecule has 0 bridgehead atoms. The molecule has 1 aromatic rings. The molecule has 0 heterocycles. The van der Waals surface area contributed by atoms with E-state index in [9.17, 15) is 9.50 Å². The van der Waals surface area contributed by atoms with Crippen LogP contribution in [0.25, 0.3) is 0 Å². The first-order valence-electron chi connectivity index (χ1n) is 4.74. The quantitative estimate of drug-likeness (QED) is 0.915. The van der Waals surface area contributed by atoms with Crippen LogP contribution < -0.4 is 0 Å². The Bertz CT molecular complexity index is 330. The first kappa shape index (κ1) is 13.0. The Labute approximate surface area is 102 Å². The third-order valence-corrected chi connectivity index (χ3v) is 4.09. The molecule has 84 valence electrons. The van der Waals surface area contributed by atoms with Crippen LogP contribution in [-0.2, 0) is 5.75 Å². The van der Waals surface area contributed by atoms with Crippen LogP contribution in [0.1, 0.15) is 19.4 Å². The van der Waals surface area contributed by atoms with E-state index >= 15 is 0 Å². The molecule has 2 atom stereocenters. The summed E-state index contributed by atoms with van der Waals surface area (Å²) in [6.07, 6.45) is -0.367. The van der Waals surface area contributed by atoms with Gasteiger partial charge in [-0.15, -0.1) is 0 Å². The fraction of sp³-hybridized carbons (Fsp3) is 0.455. The molecule has 0 saturated heterocycles. The van der Waals surface area contributed by atoms with Crippen molar-refractivity contribution in [2.45, 2.75) is 31.0 Å². The lowest BCUT2D eigenvalue weighted by molar-refractivity contribution is 0.196. The number of benzene rings is 1. The number of hydrogen-bond acceptors (Lipinski definition) is 2. The van der Waals surface area contributed by atoms with Gasteiger partial charge < -0.3 is 5.11 Å². The molecule has 0 radical (unpaired) electrons. The fourth-order valence-electron chi connectivity index (χ4n) is 0.999. The molecule has 0 spiro atoms. The van der Waals surface area contributed by atoms with Gasteiger partial charge in [0.2, 0.25) is 0 Å². The number of thioether (sulfide) groups is 1. The van der Waals surface area contributed by atoms with Crippen molar-refractivity contribution in [3.05, 3.63) is 34.1 Å². The van der Waals surface area contributed by atoms with Crippen LogP contribution >= 0.6 is 27.7 Å². The van der Waals surface area contributed by atoms with E-state index in [4.69, 9.17) is 0 Å². The molecule has 0 aliphatic rings. The van der Waals surface area contributed by atoms with Gasteiger partial charge in [-0.1, -0.05) is 28.9 Å². The van der Waals surface area contributed by atoms with Gasteiger partial charge >= 0.3 is 0 Å². The maximum absolute atomic E-state index is 13.4. The molecule has 4 heteroatoms. The van der Waals surface area contributed by atoms with E-state index in [0.29, 0.717) is 11.3 Å². The lowest BCUT2D eigenvalue weighted by Crippen LogP contribution is -2.15. The predicted octanol–water partition coefficient (Wildman–Crippen LogP) is 3.59. The molecular weight excluding hydrogens is 279 g/mol. The van der Waals surface area contributed by atoms with Crippen molar-refractivity contribution >= 4 is 27.7 Å². The molecule has 0 aliphatic heterocycles. The number of halogens is 2. The highest BCUT2D eigenvalue weighted by Crippen LogP contribution is 2.23. The van der Waals surface area contributed by atoms with Crippen molar-refractivity contribution in [1.29, 1.82) is 0 Å². The van der Waals surface area contributed by atoms with Gasteiger partial charge in [0, 0.05) is 15.5 Å². The van der Waals surface area contributed by atoms with Crippen LogP contribution in [0.5, 0.6) is 0 Å². The minimum Gasteiger partial charge on any atom is -0.392 e. The predicted molar refractivity (Wildman–Crippen MR) is 66.5 cm³/mol. The molecule has 1 nitrogen and oxygen atoms in total. The van der Waals surface area contributed by atoms with Gasteiger partial charge in [-0.2, -0.15) is 11.8 Å². The van der Waals surface area contributed by atoms with Crippen molar-refractivity contribution < 1.29 is 9.50 Å². The zero-order chi connectivity index (χ0) is 11.4. The van der Waals surface area contributed by atoms with Crippen LogP contribution in [-0.4, -0.2) is 16.5 Å². The molecule has 0 fully saturated rings. The standard InChI is InChI=1S/C11H14BrFOS/c1-7(14)8(2)15-6-9-3-4-10(12)5-11(9)13/h3-5,7-8,14H,6H2,1-2H3. The van der Waals surface area contributed by atoms with Gasteiger partial charge in [0.25, 0.3) is 0 Å². The van der Waals surface area contributed by atoms with E-state index in [0.717, 1.165) is 4.47 Å². The van der Waals surface area contributed by atoms with Gasteiger partial charge in [-0.25, -0.2) is 4.39 Å². The van der Waals surface area contributed by atoms with Crippen molar-refractivity contribution in [1.82, 2.24) is 0 Å². The van der Waals surface area contributed by atoms with Crippen LogP contribution in [0.15, 0.2) is 22.7 Å². The fourth-order valence-corrected chi connectivity index (χ4v) is 2.29. The zero-order valence-electron chi connectivity index (χ0n) is 8.71. The maximum Gasteiger partial charge on any atom is 0.128 e. The third kappa shape index (κ3) is 4.13. The SMILES string of the molecule is CC(O)C(C)SCc1ccc(Br)cc1F. The first-order valence-corrected chi connectivity index (χ1v) is 6.58. The minimum absolute atomic E-state index is 0.119. The Morgan fingerprint density at radius 2 is 2.13 bits per heavy atom. The second-order valence-electron chi connectivity index (χ2n) is 3.49. The van der Waals surface area contributed by atoms with Crippen LogP contribution in [0.4, 0.5) is 4.39 Å². The molecule has 15 heavy (non-hydrogen) atoms. The van der Waals surface area contributed by atoms with Gasteiger partial charge in [0.1, 0.15) is 5.82 Å². The summed E-state index contributed by atoms with van der Waals surface area (Å²) in [5.41, 5.74) is 0.677. The zero-order valence-corrected chi connectivity index (χ0v) is 11.1. The molecule has 0 aliphatic carbocycles. The highest BCUT2D eigenvalue weighted by Gasteiger charge is 2.10. The second kappa shape index (κ2) is 5.87. The van der Waals surface area contributed by atoms with Crippen LogP contribution in [0.3, 0.4) is 0 Å². The molecule has 1 rings (SSSR count). The van der Waals surface area contributed by atoms with E-state index in [1.165, 1.54) is 6.07 Å². The topological polar surface area (TPSA) is 20.2 Å². The molecule has 0 amide bonds. The van der Waals surface area contributed by atoms with Gasteiger partial charge in [0.15, 0.2) is 0 Å². The molecule has 0 saturated carbocycles. The van der Waals surface area contributed by atoms with Crippen molar-refractivity contribution in [3.63, 3.8) is 0 Å². The number of aliphatic hydroxyl groups is 1. The minimum atomic E-state index is -0.367. The Kier molecular flexibility index (Phi) is 5.09. The molecular formula is C11H14BrFOS. The highest BCUT2D eigenvalue weighted by atomic mass is 79.9. The lowest BCUT2D eigenvalue weighted by atomic mass is 10.2. The van der Waals surface area contributed by atoms with Crippen LogP contribution in [0, 0.1) is 5.82 Å². The largest absolute Gasteiger partial charge is 0.392 e. The number of hydrogen-bond donors (Lipinski definition) is 1. The molecule has 1 aromatic carbocycles. The third-order valence-electron chi connectivity index (χ3n) is 2.20. The van der Waals surface area contributed by atoms with Crippen LogP contribution in [0.2, 0.25) is 0 Å². The van der Waals surface area contributed by atoms with Crippen molar-refractivity contribution in [2.75, 3.05) is 0 Å². The Morgan fingerprint density at radius 1 is 1.47 bits per heavy atom. The monoisotopic (exact) mass is 292 g/mol. The number of rotatable bonds is 4. The Hall–Kier alpha value is -0.0600. The van der Waals surface area contributed by atoms with E-state index in [-0.39, 0.29) is 17.2 Å². The molecule has 2 unspecified atom stereocenters. The summed E-state index contributed by atoms with van der Waals surface area (Å²) in [5, 5.41) is 9.41. The average Bonchev–Trinajstić information content (AvgIpc) is 2.15. The summed E-state index contributed by atoms with van der Waals surface area (Å²) in [7, 11) is 0. The lowest BCUT2D eigenvalue weighted by Gasteiger charge is -2.14.